The van der Waals surface area contributed by atoms with E-state index in [4.69, 9.17) is 0 Å². The van der Waals surface area contributed by atoms with Crippen molar-refractivity contribution in [2.24, 2.45) is 10.8 Å². The molecular formula is C18H24N+. The van der Waals surface area contributed by atoms with E-state index in [9.17, 15) is 0 Å². The zero-order valence-electron chi connectivity index (χ0n) is 12.2. The molecule has 4 bridgehead atoms. The first-order valence-electron chi connectivity index (χ1n) is 7.58. The molecule has 4 aliphatic rings. The van der Waals surface area contributed by atoms with Crippen molar-refractivity contribution in [1.82, 2.24) is 0 Å². The summed E-state index contributed by atoms with van der Waals surface area (Å²) in [5, 5.41) is 0. The molecule has 1 aliphatic carbocycles. The van der Waals surface area contributed by atoms with Crippen LogP contribution < -0.4 is 0 Å². The molecule has 1 heteroatoms. The number of hydrogen-bond donors (Lipinski definition) is 0. The van der Waals surface area contributed by atoms with E-state index >= 15 is 0 Å². The van der Waals surface area contributed by atoms with Crippen LogP contribution in [0.5, 0.6) is 0 Å². The first kappa shape index (κ1) is 11.7. The molecule has 0 N–H and O–H groups in total. The molecule has 0 aromatic heterocycles. The van der Waals surface area contributed by atoms with Gasteiger partial charge in [-0.15, -0.1) is 0 Å². The van der Waals surface area contributed by atoms with Crippen molar-refractivity contribution in [3.8, 4) is 0 Å². The summed E-state index contributed by atoms with van der Waals surface area (Å²) >= 11 is 0. The van der Waals surface area contributed by atoms with Crippen molar-refractivity contribution < 1.29 is 4.48 Å². The van der Waals surface area contributed by atoms with E-state index in [1.807, 2.05) is 0 Å². The Bertz CT molecular complexity index is 546. The number of hydrogen-bond acceptors (Lipinski definition) is 0. The van der Waals surface area contributed by atoms with Crippen molar-refractivity contribution >= 4 is 0 Å². The second-order valence-electron chi connectivity index (χ2n) is 8.08. The normalized spacial score (nSPS) is 43.4. The topological polar surface area (TPSA) is 0 Å². The molecule has 0 spiro atoms. The molecule has 0 amide bonds. The lowest BCUT2D eigenvalue weighted by atomic mass is 9.58. The molecule has 1 aromatic carbocycles. The maximum Gasteiger partial charge on any atom is 0.105 e. The molecule has 2 saturated heterocycles. The Morgan fingerprint density at radius 2 is 1.89 bits per heavy atom. The highest BCUT2D eigenvalue weighted by molar-refractivity contribution is 5.23. The van der Waals surface area contributed by atoms with Crippen LogP contribution in [0, 0.1) is 10.8 Å². The van der Waals surface area contributed by atoms with Gasteiger partial charge in [0.1, 0.15) is 13.1 Å². The molecule has 19 heavy (non-hydrogen) atoms. The quantitative estimate of drug-likeness (QED) is 0.557. The summed E-state index contributed by atoms with van der Waals surface area (Å²) in [5.74, 6) is 0. The molecule has 100 valence electrons. The zero-order chi connectivity index (χ0) is 13.1. The van der Waals surface area contributed by atoms with Crippen LogP contribution in [0.1, 0.15) is 32.3 Å². The number of piperidine rings is 2. The molecule has 0 saturated carbocycles. The lowest BCUT2D eigenvalue weighted by Crippen LogP contribution is -2.67. The largest absolute Gasteiger partial charge is 0.315 e. The third kappa shape index (κ3) is 1.87. The van der Waals surface area contributed by atoms with Gasteiger partial charge in [-0.1, -0.05) is 50.3 Å². The van der Waals surface area contributed by atoms with Crippen LogP contribution in [0.3, 0.4) is 0 Å². The van der Waals surface area contributed by atoms with Crippen molar-refractivity contribution in [1.29, 1.82) is 0 Å². The smallest absolute Gasteiger partial charge is 0.105 e. The summed E-state index contributed by atoms with van der Waals surface area (Å²) < 4.78 is 1.31. The summed E-state index contributed by atoms with van der Waals surface area (Å²) in [7, 11) is 0. The minimum absolute atomic E-state index is 0.466. The van der Waals surface area contributed by atoms with Crippen molar-refractivity contribution in [3.63, 3.8) is 0 Å². The van der Waals surface area contributed by atoms with Gasteiger partial charge < -0.3 is 4.48 Å². The van der Waals surface area contributed by atoms with E-state index in [0.29, 0.717) is 10.8 Å². The predicted molar refractivity (Wildman–Crippen MR) is 78.5 cm³/mol. The average Bonchev–Trinajstić information content (AvgIpc) is 2.24. The van der Waals surface area contributed by atoms with Crippen LogP contribution in [0.25, 0.3) is 0 Å². The minimum Gasteiger partial charge on any atom is -0.315 e. The van der Waals surface area contributed by atoms with Crippen LogP contribution in [-0.2, 0) is 6.54 Å². The molecule has 3 heterocycles. The highest BCUT2D eigenvalue weighted by atomic mass is 15.4. The Morgan fingerprint density at radius 1 is 1.11 bits per heavy atom. The third-order valence-corrected chi connectivity index (χ3v) is 5.35. The van der Waals surface area contributed by atoms with Gasteiger partial charge >= 0.3 is 0 Å². The maximum absolute atomic E-state index is 2.62. The Morgan fingerprint density at radius 3 is 2.58 bits per heavy atom. The van der Waals surface area contributed by atoms with Gasteiger partial charge in [0.05, 0.1) is 13.1 Å². The van der Waals surface area contributed by atoms with Crippen LogP contribution in [-0.4, -0.2) is 24.1 Å². The van der Waals surface area contributed by atoms with Crippen molar-refractivity contribution in [3.05, 3.63) is 47.5 Å². The number of benzene rings is 1. The Kier molecular flexibility index (Phi) is 2.17. The fourth-order valence-corrected chi connectivity index (χ4v) is 5.81. The lowest BCUT2D eigenvalue weighted by Gasteiger charge is -2.62. The first-order chi connectivity index (χ1) is 8.99. The molecule has 1 nitrogen and oxygen atoms in total. The standard InChI is InChI=1S/C18H24N/c1-17-8-16-9-18(2,12-17)14-19(11-16,13-17)10-15-6-4-3-5-7-15/h3-8H,9-14H2,1-2H3/q+1/t17?,18-,19?/m1/s1. The van der Waals surface area contributed by atoms with Gasteiger partial charge in [-0.3, -0.25) is 0 Å². The van der Waals surface area contributed by atoms with E-state index in [1.54, 1.807) is 5.57 Å². The number of nitrogens with zero attached hydrogens (tertiary/aromatic N) is 1. The minimum atomic E-state index is 0.466. The third-order valence-electron chi connectivity index (χ3n) is 5.35. The Balaban J connectivity index is 1.71. The summed E-state index contributed by atoms with van der Waals surface area (Å²) in [4.78, 5) is 0. The van der Waals surface area contributed by atoms with Gasteiger partial charge in [0.2, 0.25) is 0 Å². The second-order valence-corrected chi connectivity index (χ2v) is 8.08. The fourth-order valence-electron chi connectivity index (χ4n) is 5.81. The maximum atomic E-state index is 2.62. The zero-order valence-corrected chi connectivity index (χ0v) is 12.2. The summed E-state index contributed by atoms with van der Waals surface area (Å²) in [6, 6.07) is 11.1. The molecule has 2 unspecified atom stereocenters. The van der Waals surface area contributed by atoms with E-state index in [0.717, 1.165) is 0 Å². The van der Waals surface area contributed by atoms with Crippen molar-refractivity contribution in [2.45, 2.75) is 33.2 Å². The fraction of sp³-hybridized carbons (Fsp3) is 0.556. The van der Waals surface area contributed by atoms with Gasteiger partial charge in [-0.05, 0) is 18.4 Å². The van der Waals surface area contributed by atoms with Crippen LogP contribution in [0.15, 0.2) is 42.0 Å². The van der Waals surface area contributed by atoms with E-state index in [-0.39, 0.29) is 0 Å². The van der Waals surface area contributed by atoms with Gasteiger partial charge in [-0.25, -0.2) is 0 Å². The van der Waals surface area contributed by atoms with Gasteiger partial charge in [0, 0.05) is 16.4 Å². The Hall–Kier alpha value is -1.08. The molecule has 0 radical (unpaired) electrons. The monoisotopic (exact) mass is 254 g/mol. The first-order valence-corrected chi connectivity index (χ1v) is 7.58. The second kappa shape index (κ2) is 3.52. The molecule has 3 atom stereocenters. The van der Waals surface area contributed by atoms with E-state index < -0.39 is 0 Å². The van der Waals surface area contributed by atoms with Crippen LogP contribution in [0.4, 0.5) is 0 Å². The number of quaternary nitrogens is 1. The van der Waals surface area contributed by atoms with E-state index in [1.165, 1.54) is 49.1 Å². The molecular weight excluding hydrogens is 230 g/mol. The van der Waals surface area contributed by atoms with Crippen LogP contribution in [0.2, 0.25) is 0 Å². The van der Waals surface area contributed by atoms with Crippen molar-refractivity contribution in [2.75, 3.05) is 19.6 Å². The van der Waals surface area contributed by atoms with Gasteiger partial charge in [0.15, 0.2) is 0 Å². The SMILES string of the molecule is CC12C=C3C[C@](C)(C1)C[N+](Cc1ccccc1)(C3)C2. The number of rotatable bonds is 2. The lowest BCUT2D eigenvalue weighted by molar-refractivity contribution is -0.960. The summed E-state index contributed by atoms with van der Waals surface area (Å²) in [5.41, 5.74) is 4.28. The summed E-state index contributed by atoms with van der Waals surface area (Å²) in [6.07, 6.45) is 5.38. The van der Waals surface area contributed by atoms with Gasteiger partial charge in [0.25, 0.3) is 0 Å². The molecule has 3 aliphatic heterocycles. The van der Waals surface area contributed by atoms with Crippen LogP contribution >= 0.6 is 0 Å². The molecule has 5 rings (SSSR count). The summed E-state index contributed by atoms with van der Waals surface area (Å²) in [6.45, 7) is 10.3. The average molecular weight is 254 g/mol. The Labute approximate surface area is 116 Å². The van der Waals surface area contributed by atoms with Gasteiger partial charge in [-0.2, -0.15) is 0 Å². The molecule has 2 fully saturated rings. The highest BCUT2D eigenvalue weighted by Gasteiger charge is 2.57. The van der Waals surface area contributed by atoms with E-state index in [2.05, 4.69) is 50.3 Å². The predicted octanol–water partition coefficient (Wildman–Crippen LogP) is 3.76. The highest BCUT2D eigenvalue weighted by Crippen LogP contribution is 2.56. The molecule has 1 aromatic rings.